The van der Waals surface area contributed by atoms with Crippen molar-refractivity contribution in [2.45, 2.75) is 39.5 Å². The molecule has 136 valence electrons. The van der Waals surface area contributed by atoms with Gasteiger partial charge in [-0.25, -0.2) is 0 Å². The van der Waals surface area contributed by atoms with Crippen molar-refractivity contribution in [3.05, 3.63) is 59.7 Å². The first-order chi connectivity index (χ1) is 12.5. The molecule has 1 aliphatic heterocycles. The van der Waals surface area contributed by atoms with Crippen LogP contribution in [-0.4, -0.2) is 18.4 Å². The van der Waals surface area contributed by atoms with Crippen LogP contribution in [0.3, 0.4) is 0 Å². The average molecular weight is 350 g/mol. The van der Waals surface area contributed by atoms with Gasteiger partial charge < -0.3 is 10.2 Å². The van der Waals surface area contributed by atoms with Crippen molar-refractivity contribution in [2.75, 3.05) is 16.8 Å². The highest BCUT2D eigenvalue weighted by molar-refractivity contribution is 6.03. The molecule has 0 radical (unpaired) electrons. The number of anilines is 2. The van der Waals surface area contributed by atoms with Crippen LogP contribution in [0.1, 0.15) is 43.7 Å². The fourth-order valence-electron chi connectivity index (χ4n) is 3.35. The minimum Gasteiger partial charge on any atom is -0.326 e. The maximum absolute atomic E-state index is 12.8. The lowest BCUT2D eigenvalue weighted by Gasteiger charge is -2.18. The molecule has 1 N–H and O–H groups in total. The van der Waals surface area contributed by atoms with Crippen molar-refractivity contribution in [3.8, 4) is 0 Å². The van der Waals surface area contributed by atoms with E-state index in [1.807, 2.05) is 49.4 Å². The molecule has 0 aromatic heterocycles. The third kappa shape index (κ3) is 3.79. The highest BCUT2D eigenvalue weighted by Gasteiger charge is 2.35. The molecule has 2 atom stereocenters. The molecule has 4 nitrogen and oxygen atoms in total. The van der Waals surface area contributed by atoms with E-state index >= 15 is 0 Å². The second-order valence-corrected chi connectivity index (χ2v) is 7.13. The monoisotopic (exact) mass is 350 g/mol. The standard InChI is InChI=1S/C22H26N2O2/c1-4-16(3)19-7-5-6-8-20(19)23-22(26)17-13-21(25)24(14-17)18-11-9-15(2)10-12-18/h5-12,16-17H,4,13-14H2,1-3H3,(H,23,26)/t16-,17-/m1/s1. The molecule has 1 aliphatic rings. The largest absolute Gasteiger partial charge is 0.326 e. The molecular weight excluding hydrogens is 324 g/mol. The molecule has 0 aliphatic carbocycles. The zero-order chi connectivity index (χ0) is 18.7. The van der Waals surface area contributed by atoms with Crippen LogP contribution in [0.15, 0.2) is 48.5 Å². The number of nitrogens with zero attached hydrogens (tertiary/aromatic N) is 1. The maximum Gasteiger partial charge on any atom is 0.229 e. The Morgan fingerprint density at radius 2 is 1.88 bits per heavy atom. The Bertz CT molecular complexity index is 798. The van der Waals surface area contributed by atoms with Crippen molar-refractivity contribution >= 4 is 23.2 Å². The number of carbonyl (C=O) groups excluding carboxylic acids is 2. The Hall–Kier alpha value is -2.62. The Labute approximate surface area is 155 Å². The van der Waals surface area contributed by atoms with E-state index in [1.54, 1.807) is 4.90 Å². The third-order valence-electron chi connectivity index (χ3n) is 5.20. The lowest BCUT2D eigenvalue weighted by Crippen LogP contribution is -2.28. The number of benzene rings is 2. The van der Waals surface area contributed by atoms with Crippen LogP contribution >= 0.6 is 0 Å². The maximum atomic E-state index is 12.8. The van der Waals surface area contributed by atoms with Gasteiger partial charge in [-0.05, 0) is 43.0 Å². The first kappa shape index (κ1) is 18.2. The summed E-state index contributed by atoms with van der Waals surface area (Å²) in [7, 11) is 0. The Kier molecular flexibility index (Phi) is 5.40. The van der Waals surface area contributed by atoms with Crippen molar-refractivity contribution in [2.24, 2.45) is 5.92 Å². The number of hydrogen-bond donors (Lipinski definition) is 1. The fourth-order valence-corrected chi connectivity index (χ4v) is 3.35. The summed E-state index contributed by atoms with van der Waals surface area (Å²) >= 11 is 0. The molecule has 3 rings (SSSR count). The molecule has 2 aromatic rings. The smallest absolute Gasteiger partial charge is 0.229 e. The van der Waals surface area contributed by atoms with E-state index in [-0.39, 0.29) is 24.2 Å². The van der Waals surface area contributed by atoms with E-state index in [0.29, 0.717) is 12.5 Å². The Balaban J connectivity index is 1.72. The van der Waals surface area contributed by atoms with E-state index in [4.69, 9.17) is 0 Å². The van der Waals surface area contributed by atoms with Gasteiger partial charge in [-0.2, -0.15) is 0 Å². The molecule has 1 heterocycles. The van der Waals surface area contributed by atoms with Gasteiger partial charge in [0.05, 0.1) is 5.92 Å². The predicted octanol–water partition coefficient (Wildman–Crippen LogP) is 4.50. The Morgan fingerprint density at radius 1 is 1.19 bits per heavy atom. The van der Waals surface area contributed by atoms with E-state index in [1.165, 1.54) is 0 Å². The molecule has 0 saturated carbocycles. The molecule has 26 heavy (non-hydrogen) atoms. The summed E-state index contributed by atoms with van der Waals surface area (Å²) in [6.45, 7) is 6.74. The predicted molar refractivity (Wildman–Crippen MR) is 105 cm³/mol. The number of aryl methyl sites for hydroxylation is 1. The van der Waals surface area contributed by atoms with Crippen LogP contribution in [0.4, 0.5) is 11.4 Å². The summed E-state index contributed by atoms with van der Waals surface area (Å²) in [6, 6.07) is 15.8. The first-order valence-electron chi connectivity index (χ1n) is 9.26. The quantitative estimate of drug-likeness (QED) is 0.863. The minimum absolute atomic E-state index is 0.00390. The van der Waals surface area contributed by atoms with E-state index in [9.17, 15) is 9.59 Å². The molecule has 2 amide bonds. The van der Waals surface area contributed by atoms with Crippen molar-refractivity contribution in [1.29, 1.82) is 0 Å². The van der Waals surface area contributed by atoms with Crippen molar-refractivity contribution < 1.29 is 9.59 Å². The van der Waals surface area contributed by atoms with E-state index in [2.05, 4.69) is 25.2 Å². The fraction of sp³-hybridized carbons (Fsp3) is 0.364. The zero-order valence-corrected chi connectivity index (χ0v) is 15.7. The second kappa shape index (κ2) is 7.73. The van der Waals surface area contributed by atoms with Crippen LogP contribution in [0.5, 0.6) is 0 Å². The van der Waals surface area contributed by atoms with Gasteiger partial charge in [0, 0.05) is 24.3 Å². The first-order valence-corrected chi connectivity index (χ1v) is 9.26. The second-order valence-electron chi connectivity index (χ2n) is 7.13. The molecule has 0 bridgehead atoms. The SMILES string of the molecule is CC[C@@H](C)c1ccccc1NC(=O)[C@@H]1CC(=O)N(c2ccc(C)cc2)C1. The molecule has 2 aromatic carbocycles. The van der Waals surface area contributed by atoms with Gasteiger partial charge in [0.15, 0.2) is 0 Å². The van der Waals surface area contributed by atoms with Gasteiger partial charge in [0.25, 0.3) is 0 Å². The molecule has 0 spiro atoms. The third-order valence-corrected chi connectivity index (χ3v) is 5.20. The van der Waals surface area contributed by atoms with Gasteiger partial charge in [-0.3, -0.25) is 9.59 Å². The normalized spacial score (nSPS) is 18.0. The topological polar surface area (TPSA) is 49.4 Å². The highest BCUT2D eigenvalue weighted by Crippen LogP contribution is 2.29. The van der Waals surface area contributed by atoms with Crippen LogP contribution < -0.4 is 10.2 Å². The number of amides is 2. The van der Waals surface area contributed by atoms with Crippen LogP contribution in [-0.2, 0) is 9.59 Å². The lowest BCUT2D eigenvalue weighted by molar-refractivity contribution is -0.122. The zero-order valence-electron chi connectivity index (χ0n) is 15.7. The summed E-state index contributed by atoms with van der Waals surface area (Å²) in [5, 5.41) is 3.05. The van der Waals surface area contributed by atoms with Crippen LogP contribution in [0.25, 0.3) is 0 Å². The minimum atomic E-state index is -0.325. The molecule has 1 fully saturated rings. The summed E-state index contributed by atoms with van der Waals surface area (Å²) in [5.74, 6) is -0.0255. The number of nitrogens with one attached hydrogen (secondary N) is 1. The van der Waals surface area contributed by atoms with Crippen molar-refractivity contribution in [3.63, 3.8) is 0 Å². The summed E-state index contributed by atoms with van der Waals surface area (Å²) in [4.78, 5) is 26.9. The molecule has 0 unspecified atom stereocenters. The van der Waals surface area contributed by atoms with E-state index in [0.717, 1.165) is 28.9 Å². The van der Waals surface area contributed by atoms with Gasteiger partial charge in [-0.1, -0.05) is 49.7 Å². The highest BCUT2D eigenvalue weighted by atomic mass is 16.2. The van der Waals surface area contributed by atoms with Crippen molar-refractivity contribution in [1.82, 2.24) is 0 Å². The van der Waals surface area contributed by atoms with Gasteiger partial charge in [0.1, 0.15) is 0 Å². The number of rotatable bonds is 5. The number of hydrogen-bond acceptors (Lipinski definition) is 2. The van der Waals surface area contributed by atoms with Crippen LogP contribution in [0.2, 0.25) is 0 Å². The Morgan fingerprint density at radius 3 is 2.58 bits per heavy atom. The summed E-state index contributed by atoms with van der Waals surface area (Å²) in [6.07, 6.45) is 1.27. The lowest BCUT2D eigenvalue weighted by atomic mass is 9.96. The summed E-state index contributed by atoms with van der Waals surface area (Å²) < 4.78 is 0. The molecule has 4 heteroatoms. The molecule has 1 saturated heterocycles. The average Bonchev–Trinajstić information content (AvgIpc) is 3.04. The van der Waals surface area contributed by atoms with Gasteiger partial charge >= 0.3 is 0 Å². The van der Waals surface area contributed by atoms with Gasteiger partial charge in [-0.15, -0.1) is 0 Å². The summed E-state index contributed by atoms with van der Waals surface area (Å²) in [5.41, 5.74) is 4.00. The molecular formula is C22H26N2O2. The number of carbonyl (C=O) groups is 2. The number of para-hydroxylation sites is 1. The van der Waals surface area contributed by atoms with Crippen LogP contribution in [0, 0.1) is 12.8 Å². The van der Waals surface area contributed by atoms with E-state index < -0.39 is 0 Å². The van der Waals surface area contributed by atoms with Gasteiger partial charge in [0.2, 0.25) is 11.8 Å².